The number of nitrogens with one attached hydrogen (secondary N) is 2. The minimum atomic E-state index is -1.73. The molecule has 0 bridgehead atoms. The summed E-state index contributed by atoms with van der Waals surface area (Å²) in [5.41, 5.74) is -0.0401. The number of para-hydroxylation sites is 1. The van der Waals surface area contributed by atoms with Crippen LogP contribution in [-0.4, -0.2) is 60.3 Å². The zero-order chi connectivity index (χ0) is 35.8. The Morgan fingerprint density at radius 3 is 2.20 bits per heavy atom. The second-order valence-corrected chi connectivity index (χ2v) is 12.7. The molecule has 3 atom stereocenters. The first kappa shape index (κ1) is 36.4. The Morgan fingerprint density at radius 1 is 0.837 bits per heavy atom. The lowest BCUT2D eigenvalue weighted by atomic mass is 9.76. The number of carbonyl (C=O) groups excluding carboxylic acids is 5. The molecule has 49 heavy (non-hydrogen) atoms. The van der Waals surface area contributed by atoms with Gasteiger partial charge in [0.05, 0.1) is 13.2 Å². The molecule has 3 aromatic carbocycles. The summed E-state index contributed by atoms with van der Waals surface area (Å²) in [5.74, 6) is -1.23. The van der Waals surface area contributed by atoms with E-state index in [1.807, 2.05) is 36.4 Å². The van der Waals surface area contributed by atoms with Crippen molar-refractivity contribution in [2.75, 3.05) is 7.11 Å². The zero-order valence-corrected chi connectivity index (χ0v) is 28.5. The molecule has 2 N–H and O–H groups in total. The van der Waals surface area contributed by atoms with Crippen LogP contribution in [0.15, 0.2) is 72.8 Å². The highest BCUT2D eigenvalue weighted by atomic mass is 16.7. The van der Waals surface area contributed by atoms with E-state index in [1.165, 1.54) is 13.8 Å². The van der Waals surface area contributed by atoms with E-state index >= 15 is 0 Å². The Kier molecular flexibility index (Phi) is 11.7. The number of carbonyl (C=O) groups is 5. The molecule has 0 fully saturated rings. The number of hydrogen-bond acceptors (Lipinski definition) is 10. The minimum absolute atomic E-state index is 0.0782. The highest BCUT2D eigenvalue weighted by Crippen LogP contribution is 2.40. The summed E-state index contributed by atoms with van der Waals surface area (Å²) < 4.78 is 27.5. The molecule has 260 valence electrons. The van der Waals surface area contributed by atoms with Crippen molar-refractivity contribution in [1.29, 1.82) is 0 Å². The molecule has 0 saturated heterocycles. The number of alkyl carbamates (subject to hydrolysis) is 1. The number of Topliss-reactive ketones (excluding diaryl/α,β-unsaturated/α-hetero) is 1. The Bertz CT molecular complexity index is 1680. The maximum Gasteiger partial charge on any atom is 0.509 e. The Labute approximate surface area is 285 Å². The van der Waals surface area contributed by atoms with Gasteiger partial charge in [-0.05, 0) is 76.8 Å². The standard InChI is InChI=1S/C37H42N2O10/c1-23(38-32(41)24(2)39-34(43)48-36(3,4)5)31(40)37(49-35(44)45-6)20-19-26-15-12-18-30(28(26)21-37)47-29-17-11-10-16-27(29)33(42)46-22-25-13-8-7-9-14-25/h7-18,23-24H,19-22H2,1-6H3,(H,38,41)(H,39,43)/t23-,24-,37-/m0/s1. The van der Waals surface area contributed by atoms with E-state index in [2.05, 4.69) is 10.6 Å². The summed E-state index contributed by atoms with van der Waals surface area (Å²) in [7, 11) is 1.13. The summed E-state index contributed by atoms with van der Waals surface area (Å²) >= 11 is 0. The van der Waals surface area contributed by atoms with Crippen molar-refractivity contribution in [3.05, 3.63) is 95.1 Å². The summed E-state index contributed by atoms with van der Waals surface area (Å²) in [6.45, 7) is 8.08. The van der Waals surface area contributed by atoms with Crippen LogP contribution in [0.1, 0.15) is 68.1 Å². The predicted molar refractivity (Wildman–Crippen MR) is 178 cm³/mol. The van der Waals surface area contributed by atoms with Crippen molar-refractivity contribution >= 4 is 29.9 Å². The third kappa shape index (κ3) is 9.59. The van der Waals surface area contributed by atoms with Crippen molar-refractivity contribution in [2.45, 2.75) is 83.8 Å². The number of esters is 1. The van der Waals surface area contributed by atoms with Gasteiger partial charge in [0.1, 0.15) is 35.3 Å². The molecular weight excluding hydrogens is 632 g/mol. The van der Waals surface area contributed by atoms with E-state index in [1.54, 1.807) is 57.2 Å². The van der Waals surface area contributed by atoms with Crippen molar-refractivity contribution in [2.24, 2.45) is 0 Å². The number of ether oxygens (including phenoxy) is 5. The second kappa shape index (κ2) is 15.7. The Morgan fingerprint density at radius 2 is 1.51 bits per heavy atom. The zero-order valence-electron chi connectivity index (χ0n) is 28.5. The van der Waals surface area contributed by atoms with Crippen LogP contribution in [0.4, 0.5) is 9.59 Å². The van der Waals surface area contributed by atoms with Gasteiger partial charge < -0.3 is 34.3 Å². The second-order valence-electron chi connectivity index (χ2n) is 12.7. The van der Waals surface area contributed by atoms with Gasteiger partial charge in [0.2, 0.25) is 5.91 Å². The Hall–Kier alpha value is -5.39. The van der Waals surface area contributed by atoms with E-state index in [9.17, 15) is 24.0 Å². The number of aryl methyl sites for hydroxylation is 1. The van der Waals surface area contributed by atoms with E-state index in [4.69, 9.17) is 23.7 Å². The van der Waals surface area contributed by atoms with Gasteiger partial charge in [0.25, 0.3) is 0 Å². The van der Waals surface area contributed by atoms with E-state index in [0.29, 0.717) is 17.7 Å². The number of fused-ring (bicyclic) bond motifs is 1. The van der Waals surface area contributed by atoms with Crippen molar-refractivity contribution in [1.82, 2.24) is 10.6 Å². The molecular formula is C37H42N2O10. The van der Waals surface area contributed by atoms with Crippen molar-refractivity contribution < 1.29 is 47.7 Å². The minimum Gasteiger partial charge on any atom is -0.457 e. The highest BCUT2D eigenvalue weighted by Gasteiger charge is 2.48. The van der Waals surface area contributed by atoms with Crippen LogP contribution in [0.25, 0.3) is 0 Å². The SMILES string of the molecule is COC(=O)O[C@@]1(C(=O)[C@H](C)NC(=O)[C@H](C)NC(=O)OC(C)(C)C)CCc2cccc(Oc3ccccc3C(=O)OCc3ccccc3)c2C1. The number of amides is 2. The summed E-state index contributed by atoms with van der Waals surface area (Å²) in [5, 5.41) is 5.05. The number of rotatable bonds is 11. The molecule has 0 radical (unpaired) electrons. The molecule has 2 amide bonds. The fourth-order valence-electron chi connectivity index (χ4n) is 5.39. The molecule has 12 heteroatoms. The molecule has 1 aliphatic rings. The molecule has 3 aromatic rings. The van der Waals surface area contributed by atoms with Crippen LogP contribution in [0, 0.1) is 0 Å². The third-order valence-corrected chi connectivity index (χ3v) is 7.80. The average Bonchev–Trinajstić information content (AvgIpc) is 3.06. The van der Waals surface area contributed by atoms with E-state index in [0.717, 1.165) is 18.2 Å². The first-order chi connectivity index (χ1) is 23.2. The summed E-state index contributed by atoms with van der Waals surface area (Å²) in [6, 6.07) is 19.1. The summed E-state index contributed by atoms with van der Waals surface area (Å²) in [4.78, 5) is 64.9. The topological polar surface area (TPSA) is 156 Å². The van der Waals surface area contributed by atoms with E-state index < -0.39 is 53.2 Å². The lowest BCUT2D eigenvalue weighted by molar-refractivity contribution is -0.145. The Balaban J connectivity index is 1.55. The monoisotopic (exact) mass is 674 g/mol. The first-order valence-corrected chi connectivity index (χ1v) is 15.9. The molecule has 0 saturated carbocycles. The van der Waals surface area contributed by atoms with E-state index in [-0.39, 0.29) is 30.8 Å². The molecule has 0 unspecified atom stereocenters. The molecule has 12 nitrogen and oxygen atoms in total. The fraction of sp³-hybridized carbons (Fsp3) is 0.378. The predicted octanol–water partition coefficient (Wildman–Crippen LogP) is 5.83. The average molecular weight is 675 g/mol. The molecule has 0 spiro atoms. The largest absolute Gasteiger partial charge is 0.509 e. The van der Waals surface area contributed by atoms with Gasteiger partial charge in [-0.15, -0.1) is 0 Å². The summed E-state index contributed by atoms with van der Waals surface area (Å²) in [6.07, 6.45) is -1.53. The number of hydrogen-bond donors (Lipinski definition) is 2. The quantitative estimate of drug-likeness (QED) is 0.187. The maximum absolute atomic E-state index is 14.1. The van der Waals surface area contributed by atoms with Crippen LogP contribution in [0.2, 0.25) is 0 Å². The molecule has 0 heterocycles. The molecule has 1 aliphatic carbocycles. The van der Waals surface area contributed by atoms with Crippen LogP contribution >= 0.6 is 0 Å². The number of benzene rings is 3. The third-order valence-electron chi connectivity index (χ3n) is 7.80. The van der Waals surface area contributed by atoms with Crippen molar-refractivity contribution in [3.63, 3.8) is 0 Å². The molecule has 4 rings (SSSR count). The normalized spacial score (nSPS) is 16.5. The number of methoxy groups -OCH3 is 1. The molecule has 0 aliphatic heterocycles. The lowest BCUT2D eigenvalue weighted by Crippen LogP contribution is -2.57. The highest BCUT2D eigenvalue weighted by molar-refractivity contribution is 5.97. The fourth-order valence-corrected chi connectivity index (χ4v) is 5.39. The smallest absolute Gasteiger partial charge is 0.457 e. The van der Waals surface area contributed by atoms with Crippen LogP contribution in [0.5, 0.6) is 11.5 Å². The van der Waals surface area contributed by atoms with Crippen molar-refractivity contribution in [3.8, 4) is 11.5 Å². The van der Waals surface area contributed by atoms with Gasteiger partial charge in [-0.2, -0.15) is 0 Å². The van der Waals surface area contributed by atoms with Crippen LogP contribution in [-0.2, 0) is 48.0 Å². The number of ketones is 1. The lowest BCUT2D eigenvalue weighted by Gasteiger charge is -2.38. The van der Waals surface area contributed by atoms with Crippen LogP contribution in [0.3, 0.4) is 0 Å². The maximum atomic E-state index is 14.1. The van der Waals surface area contributed by atoms with Gasteiger partial charge in [0.15, 0.2) is 11.4 Å². The van der Waals surface area contributed by atoms with Gasteiger partial charge in [-0.25, -0.2) is 14.4 Å². The van der Waals surface area contributed by atoms with Gasteiger partial charge in [-0.3, -0.25) is 9.59 Å². The van der Waals surface area contributed by atoms with Gasteiger partial charge in [-0.1, -0.05) is 54.6 Å². The van der Waals surface area contributed by atoms with Gasteiger partial charge in [0, 0.05) is 12.0 Å². The van der Waals surface area contributed by atoms with Crippen LogP contribution < -0.4 is 15.4 Å². The first-order valence-electron chi connectivity index (χ1n) is 15.9. The molecule has 0 aromatic heterocycles. The van der Waals surface area contributed by atoms with Gasteiger partial charge >= 0.3 is 18.2 Å².